The van der Waals surface area contributed by atoms with Crippen molar-refractivity contribution in [3.05, 3.63) is 12.2 Å². The lowest BCUT2D eigenvalue weighted by molar-refractivity contribution is 0.00969. The van der Waals surface area contributed by atoms with Gasteiger partial charge in [-0.25, -0.2) is 0 Å². The van der Waals surface area contributed by atoms with E-state index in [4.69, 9.17) is 0 Å². The van der Waals surface area contributed by atoms with Gasteiger partial charge in [0.1, 0.15) is 0 Å². The first-order valence-electron chi connectivity index (χ1n) is 8.65. The molecular formula is C23H56. The molecule has 0 N–H and O–H groups in total. The van der Waals surface area contributed by atoms with Crippen molar-refractivity contribution in [3.8, 4) is 0 Å². The molecule has 0 aromatic carbocycles. The summed E-state index contributed by atoms with van der Waals surface area (Å²) in [6.07, 6.45) is 10.1. The fourth-order valence-corrected chi connectivity index (χ4v) is 3.97. The number of allylic oxidation sites excluding steroid dienone is 2. The second kappa shape index (κ2) is 16.6. The molecule has 0 amide bonds. The van der Waals surface area contributed by atoms with E-state index in [-0.39, 0.29) is 29.7 Å². The minimum Gasteiger partial charge on any atom is -0.0812 e. The van der Waals surface area contributed by atoms with Gasteiger partial charge in [-0.05, 0) is 41.9 Å². The summed E-state index contributed by atoms with van der Waals surface area (Å²) in [7, 11) is 0. The highest BCUT2D eigenvalue weighted by atomic mass is 14.6. The van der Waals surface area contributed by atoms with E-state index in [2.05, 4.69) is 53.7 Å². The quantitative estimate of drug-likeness (QED) is 0.449. The maximum atomic E-state index is 2.53. The molecule has 0 saturated heterocycles. The van der Waals surface area contributed by atoms with Gasteiger partial charge >= 0.3 is 0 Å². The summed E-state index contributed by atoms with van der Waals surface area (Å²) in [5.74, 6) is 0. The first kappa shape index (κ1) is 38.4. The first-order valence-corrected chi connectivity index (χ1v) is 8.65. The molecule has 0 nitrogen and oxygen atoms in total. The Hall–Kier alpha value is -0.260. The molecule has 0 radical (unpaired) electrons. The molecule has 0 heterocycles. The Morgan fingerprint density at radius 2 is 0.696 bits per heavy atom. The van der Waals surface area contributed by atoms with Crippen LogP contribution in [-0.2, 0) is 0 Å². The van der Waals surface area contributed by atoms with E-state index in [1.165, 1.54) is 25.7 Å². The van der Waals surface area contributed by atoms with Crippen LogP contribution in [0.2, 0.25) is 0 Å². The second-order valence-electron chi connectivity index (χ2n) is 5.68. The van der Waals surface area contributed by atoms with Crippen LogP contribution in [-0.4, -0.2) is 0 Å². The minimum atomic E-state index is 0. The minimum absolute atomic E-state index is 0. The van der Waals surface area contributed by atoms with Gasteiger partial charge in [0, 0.05) is 0 Å². The Kier molecular flexibility index (Phi) is 27.7. The maximum Gasteiger partial charge on any atom is -0.00638 e. The predicted molar refractivity (Wildman–Crippen MR) is 119 cm³/mol. The molecule has 0 spiro atoms. The van der Waals surface area contributed by atoms with Crippen LogP contribution < -0.4 is 0 Å². The third-order valence-corrected chi connectivity index (χ3v) is 5.73. The van der Waals surface area contributed by atoms with Crippen molar-refractivity contribution in [3.63, 3.8) is 0 Å². The molecule has 0 saturated carbocycles. The van der Waals surface area contributed by atoms with E-state index < -0.39 is 0 Å². The van der Waals surface area contributed by atoms with E-state index in [0.29, 0.717) is 16.2 Å². The van der Waals surface area contributed by atoms with Crippen LogP contribution in [0.15, 0.2) is 12.2 Å². The third kappa shape index (κ3) is 6.28. The molecule has 0 aliphatic heterocycles. The lowest BCUT2D eigenvalue weighted by atomic mass is 9.54. The van der Waals surface area contributed by atoms with Gasteiger partial charge in [-0.1, -0.05) is 111 Å². The first-order chi connectivity index (χ1) is 8.95. The molecule has 0 atom stereocenters. The maximum absolute atomic E-state index is 2.53. The van der Waals surface area contributed by atoms with Crippen molar-refractivity contribution >= 4 is 0 Å². The van der Waals surface area contributed by atoms with Gasteiger partial charge in [0.2, 0.25) is 0 Å². The van der Waals surface area contributed by atoms with Crippen molar-refractivity contribution in [2.24, 2.45) is 16.2 Å². The zero-order valence-electron chi connectivity index (χ0n) is 15.5. The molecule has 0 aromatic heterocycles. The van der Waals surface area contributed by atoms with Crippen LogP contribution in [0.3, 0.4) is 0 Å². The fourth-order valence-electron chi connectivity index (χ4n) is 3.97. The van der Waals surface area contributed by atoms with E-state index in [9.17, 15) is 0 Å². The summed E-state index contributed by atoms with van der Waals surface area (Å²) in [4.78, 5) is 0. The van der Waals surface area contributed by atoms with Crippen molar-refractivity contribution in [1.29, 1.82) is 0 Å². The summed E-state index contributed by atoms with van der Waals surface area (Å²) < 4.78 is 0. The molecule has 0 bridgehead atoms. The zero-order valence-corrected chi connectivity index (χ0v) is 15.5. The van der Waals surface area contributed by atoms with Crippen molar-refractivity contribution < 1.29 is 0 Å². The summed E-state index contributed by atoms with van der Waals surface area (Å²) in [6.45, 7) is 22.3. The van der Waals surface area contributed by atoms with E-state index in [1.54, 1.807) is 0 Å². The standard InChI is InChI=1S/C15H28.2C2H6.4CH4/c1-7-14(8-2)11-12-15(9-3,10-4)13(14,5)6;2*1-2;;;;/h11-12H,7-10H2,1-6H3;2*1-2H3;4*1H4. The fraction of sp³-hybridized carbons (Fsp3) is 0.913. The molecular weight excluding hydrogens is 276 g/mol. The predicted octanol–water partition coefficient (Wildman–Crippen LogP) is 9.79. The Morgan fingerprint density at radius 3 is 0.783 bits per heavy atom. The average Bonchev–Trinajstić information content (AvgIpc) is 2.71. The Bertz CT molecular complexity index is 213. The van der Waals surface area contributed by atoms with Crippen LogP contribution in [0.5, 0.6) is 0 Å². The molecule has 1 rings (SSSR count). The van der Waals surface area contributed by atoms with Crippen molar-refractivity contribution in [2.45, 2.75) is 125 Å². The lowest BCUT2D eigenvalue weighted by Gasteiger charge is -2.50. The second-order valence-corrected chi connectivity index (χ2v) is 5.68. The monoisotopic (exact) mass is 332 g/mol. The summed E-state index contributed by atoms with van der Waals surface area (Å²) >= 11 is 0. The van der Waals surface area contributed by atoms with Gasteiger partial charge in [0.05, 0.1) is 0 Å². The molecule has 0 aromatic rings. The lowest BCUT2D eigenvalue weighted by Crippen LogP contribution is -2.43. The molecule has 0 unspecified atom stereocenters. The van der Waals surface area contributed by atoms with Crippen LogP contribution in [0, 0.1) is 16.2 Å². The molecule has 1 aliphatic rings. The van der Waals surface area contributed by atoms with Crippen LogP contribution >= 0.6 is 0 Å². The van der Waals surface area contributed by atoms with Crippen LogP contribution in [0.25, 0.3) is 0 Å². The Labute approximate surface area is 153 Å². The SMILES string of the molecule is C.C.C.C.CC.CC.CCC1(CC)C=CC(CC)(CC)C1(C)C. The van der Waals surface area contributed by atoms with E-state index in [0.717, 1.165) is 0 Å². The Balaban J connectivity index is -0.0000000837. The molecule has 0 heteroatoms. The van der Waals surface area contributed by atoms with Gasteiger partial charge in [0.25, 0.3) is 0 Å². The van der Waals surface area contributed by atoms with E-state index in [1.807, 2.05) is 27.7 Å². The largest absolute Gasteiger partial charge is 0.0812 e. The highest BCUT2D eigenvalue weighted by molar-refractivity contribution is 5.24. The number of rotatable bonds is 4. The van der Waals surface area contributed by atoms with Gasteiger partial charge in [-0.2, -0.15) is 0 Å². The third-order valence-electron chi connectivity index (χ3n) is 5.73. The highest BCUT2D eigenvalue weighted by Gasteiger charge is 2.55. The highest BCUT2D eigenvalue weighted by Crippen LogP contribution is 2.63. The van der Waals surface area contributed by atoms with Crippen LogP contribution in [0.1, 0.15) is 125 Å². The zero-order chi connectivity index (χ0) is 15.7. The topological polar surface area (TPSA) is 0 Å². The average molecular weight is 333 g/mol. The van der Waals surface area contributed by atoms with Crippen LogP contribution in [0.4, 0.5) is 0 Å². The smallest absolute Gasteiger partial charge is 0.00638 e. The van der Waals surface area contributed by atoms with Crippen molar-refractivity contribution in [2.75, 3.05) is 0 Å². The van der Waals surface area contributed by atoms with Gasteiger partial charge in [-0.15, -0.1) is 0 Å². The van der Waals surface area contributed by atoms with Gasteiger partial charge < -0.3 is 0 Å². The summed E-state index contributed by atoms with van der Waals surface area (Å²) in [5.41, 5.74) is 1.27. The van der Waals surface area contributed by atoms with Gasteiger partial charge in [0.15, 0.2) is 0 Å². The molecule has 23 heavy (non-hydrogen) atoms. The molecule has 1 aliphatic carbocycles. The van der Waals surface area contributed by atoms with Crippen molar-refractivity contribution in [1.82, 2.24) is 0 Å². The molecule has 148 valence electrons. The molecule has 0 fully saturated rings. The van der Waals surface area contributed by atoms with Gasteiger partial charge in [-0.3, -0.25) is 0 Å². The normalized spacial score (nSPS) is 17.3. The summed E-state index contributed by atoms with van der Waals surface area (Å²) in [5, 5.41) is 0. The summed E-state index contributed by atoms with van der Waals surface area (Å²) in [6, 6.07) is 0. The number of hydrogen-bond donors (Lipinski definition) is 0. The van der Waals surface area contributed by atoms with E-state index >= 15 is 0 Å². The Morgan fingerprint density at radius 1 is 0.522 bits per heavy atom. The number of hydrogen-bond acceptors (Lipinski definition) is 0.